The zero-order chi connectivity index (χ0) is 18.3. The van der Waals surface area contributed by atoms with Crippen molar-refractivity contribution in [1.82, 2.24) is 19.2 Å². The fraction of sp³-hybridized carbons (Fsp3) is 0.474. The number of methoxy groups -OCH3 is 1. The second-order valence-corrected chi connectivity index (χ2v) is 6.73. The van der Waals surface area contributed by atoms with Crippen molar-refractivity contribution in [2.45, 2.75) is 13.5 Å². The highest BCUT2D eigenvalue weighted by Crippen LogP contribution is 2.30. The van der Waals surface area contributed by atoms with E-state index in [1.807, 2.05) is 36.7 Å². The smallest absolute Gasteiger partial charge is 0.291 e. The molecule has 138 valence electrons. The summed E-state index contributed by atoms with van der Waals surface area (Å²) in [7, 11) is 3.58. The Morgan fingerprint density at radius 3 is 2.73 bits per heavy atom. The molecule has 1 aromatic carbocycles. The first-order valence-electron chi connectivity index (χ1n) is 8.94. The summed E-state index contributed by atoms with van der Waals surface area (Å²) in [5.74, 6) is 0.779. The monoisotopic (exact) mass is 356 g/mol. The van der Waals surface area contributed by atoms with E-state index in [1.165, 1.54) is 0 Å². The number of morpholine rings is 1. The molecule has 0 spiro atoms. The van der Waals surface area contributed by atoms with Crippen molar-refractivity contribution in [3.63, 3.8) is 0 Å². The summed E-state index contributed by atoms with van der Waals surface area (Å²) in [6, 6.07) is 5.88. The van der Waals surface area contributed by atoms with Crippen LogP contribution < -0.4 is 10.3 Å². The number of ether oxygens (including phenoxy) is 2. The van der Waals surface area contributed by atoms with Crippen LogP contribution in [0.15, 0.2) is 23.0 Å². The first kappa shape index (κ1) is 17.1. The summed E-state index contributed by atoms with van der Waals surface area (Å²) in [4.78, 5) is 15.4. The zero-order valence-corrected chi connectivity index (χ0v) is 15.5. The van der Waals surface area contributed by atoms with Crippen LogP contribution in [0.1, 0.15) is 5.69 Å². The van der Waals surface area contributed by atoms with Gasteiger partial charge in [-0.05, 0) is 25.1 Å². The van der Waals surface area contributed by atoms with E-state index < -0.39 is 0 Å². The molecule has 7 nitrogen and oxygen atoms in total. The maximum atomic E-state index is 13.1. The maximum absolute atomic E-state index is 13.1. The van der Waals surface area contributed by atoms with Crippen molar-refractivity contribution in [3.05, 3.63) is 34.2 Å². The van der Waals surface area contributed by atoms with E-state index in [0.29, 0.717) is 12.1 Å². The van der Waals surface area contributed by atoms with Crippen LogP contribution in [-0.4, -0.2) is 59.2 Å². The molecule has 4 rings (SSSR count). The predicted octanol–water partition coefficient (Wildman–Crippen LogP) is 1.54. The third kappa shape index (κ3) is 2.77. The minimum atomic E-state index is -0.0449. The molecular formula is C19H24N4O3. The van der Waals surface area contributed by atoms with Gasteiger partial charge in [0.15, 0.2) is 0 Å². The molecule has 2 aromatic heterocycles. The van der Waals surface area contributed by atoms with Gasteiger partial charge in [0.1, 0.15) is 11.3 Å². The molecule has 0 radical (unpaired) electrons. The quantitative estimate of drug-likeness (QED) is 0.710. The number of hydrogen-bond acceptors (Lipinski definition) is 5. The van der Waals surface area contributed by atoms with Crippen molar-refractivity contribution in [2.75, 3.05) is 40.0 Å². The molecular weight excluding hydrogens is 332 g/mol. The fourth-order valence-corrected chi connectivity index (χ4v) is 3.78. The van der Waals surface area contributed by atoms with Gasteiger partial charge in [0.2, 0.25) is 0 Å². The van der Waals surface area contributed by atoms with Gasteiger partial charge in [-0.3, -0.25) is 9.69 Å². The Bertz CT molecular complexity index is 1020. The molecule has 26 heavy (non-hydrogen) atoms. The van der Waals surface area contributed by atoms with Crippen molar-refractivity contribution in [1.29, 1.82) is 0 Å². The van der Waals surface area contributed by atoms with Crippen molar-refractivity contribution in [2.24, 2.45) is 7.05 Å². The van der Waals surface area contributed by atoms with Gasteiger partial charge in [-0.25, -0.2) is 4.68 Å². The molecule has 0 bridgehead atoms. The summed E-state index contributed by atoms with van der Waals surface area (Å²) in [6.45, 7) is 6.68. The van der Waals surface area contributed by atoms with Gasteiger partial charge in [-0.2, -0.15) is 5.10 Å². The Hall–Kier alpha value is -2.38. The van der Waals surface area contributed by atoms with Gasteiger partial charge in [0, 0.05) is 43.0 Å². The molecule has 0 atom stereocenters. The second kappa shape index (κ2) is 6.74. The maximum Gasteiger partial charge on any atom is 0.291 e. The first-order chi connectivity index (χ1) is 12.6. The number of nitrogens with zero attached hydrogens (tertiary/aromatic N) is 4. The van der Waals surface area contributed by atoms with E-state index in [0.717, 1.165) is 60.6 Å². The molecule has 0 N–H and O–H groups in total. The van der Waals surface area contributed by atoms with Crippen LogP contribution in [0.4, 0.5) is 0 Å². The average Bonchev–Trinajstić information content (AvgIpc) is 2.97. The Labute approximate surface area is 151 Å². The van der Waals surface area contributed by atoms with Crippen molar-refractivity contribution < 1.29 is 9.47 Å². The molecule has 0 unspecified atom stereocenters. The Kier molecular flexibility index (Phi) is 4.42. The van der Waals surface area contributed by atoms with Gasteiger partial charge in [0.25, 0.3) is 5.56 Å². The molecule has 7 heteroatoms. The predicted molar refractivity (Wildman–Crippen MR) is 101 cm³/mol. The molecule has 0 saturated carbocycles. The highest BCUT2D eigenvalue weighted by Gasteiger charge is 2.18. The number of aromatic nitrogens is 3. The number of aryl methyl sites for hydroxylation is 2. The summed E-state index contributed by atoms with van der Waals surface area (Å²) >= 11 is 0. The lowest BCUT2D eigenvalue weighted by Gasteiger charge is -2.26. The highest BCUT2D eigenvalue weighted by atomic mass is 16.5. The molecule has 1 aliphatic rings. The lowest BCUT2D eigenvalue weighted by molar-refractivity contribution is 0.0358. The van der Waals surface area contributed by atoms with E-state index in [2.05, 4.69) is 10.00 Å². The molecule has 3 heterocycles. The van der Waals surface area contributed by atoms with Gasteiger partial charge in [-0.1, -0.05) is 0 Å². The minimum Gasteiger partial charge on any atom is -0.497 e. The zero-order valence-electron chi connectivity index (χ0n) is 15.5. The van der Waals surface area contributed by atoms with E-state index in [4.69, 9.17) is 9.47 Å². The van der Waals surface area contributed by atoms with Crippen LogP contribution in [-0.2, 0) is 18.3 Å². The van der Waals surface area contributed by atoms with Crippen LogP contribution >= 0.6 is 0 Å². The molecule has 1 fully saturated rings. The third-order valence-corrected chi connectivity index (χ3v) is 5.21. The van der Waals surface area contributed by atoms with E-state index in [9.17, 15) is 4.79 Å². The van der Waals surface area contributed by atoms with Gasteiger partial charge < -0.3 is 14.0 Å². The number of hydrogen-bond donors (Lipinski definition) is 0. The Morgan fingerprint density at radius 2 is 2.00 bits per heavy atom. The molecule has 0 aliphatic carbocycles. The molecule has 1 saturated heterocycles. The van der Waals surface area contributed by atoms with Crippen molar-refractivity contribution >= 4 is 21.8 Å². The Morgan fingerprint density at radius 1 is 1.23 bits per heavy atom. The van der Waals surface area contributed by atoms with Gasteiger partial charge in [-0.15, -0.1) is 0 Å². The standard InChI is InChI=1S/C19H24N4O3/c1-13-17-15-12-14(25-3)4-5-16(15)21(2)18(17)19(24)23(20-13)7-6-22-8-10-26-11-9-22/h4-5,12H,6-11H2,1-3H3. The number of rotatable bonds is 4. The summed E-state index contributed by atoms with van der Waals surface area (Å²) in [6.07, 6.45) is 0. The topological polar surface area (TPSA) is 61.5 Å². The van der Waals surface area contributed by atoms with Gasteiger partial charge in [0.05, 0.1) is 32.6 Å². The van der Waals surface area contributed by atoms with E-state index in [1.54, 1.807) is 11.8 Å². The molecule has 3 aromatic rings. The second-order valence-electron chi connectivity index (χ2n) is 6.73. The highest BCUT2D eigenvalue weighted by molar-refractivity contribution is 6.09. The van der Waals surface area contributed by atoms with Crippen LogP contribution in [0, 0.1) is 6.92 Å². The third-order valence-electron chi connectivity index (χ3n) is 5.21. The van der Waals surface area contributed by atoms with Crippen LogP contribution in [0.3, 0.4) is 0 Å². The average molecular weight is 356 g/mol. The Balaban J connectivity index is 1.79. The van der Waals surface area contributed by atoms with E-state index >= 15 is 0 Å². The number of fused-ring (bicyclic) bond motifs is 3. The number of benzene rings is 1. The SMILES string of the molecule is COc1ccc2c(c1)c1c(C)nn(CCN3CCOCC3)c(=O)c1n2C. The van der Waals surface area contributed by atoms with E-state index in [-0.39, 0.29) is 5.56 Å². The summed E-state index contributed by atoms with van der Waals surface area (Å²) in [5, 5.41) is 6.51. The lowest BCUT2D eigenvalue weighted by Crippen LogP contribution is -2.39. The minimum absolute atomic E-state index is 0.0449. The molecule has 1 aliphatic heterocycles. The van der Waals surface area contributed by atoms with Crippen LogP contribution in [0.25, 0.3) is 21.8 Å². The largest absolute Gasteiger partial charge is 0.497 e. The van der Waals surface area contributed by atoms with Crippen LogP contribution in [0.2, 0.25) is 0 Å². The normalized spacial score (nSPS) is 15.8. The van der Waals surface area contributed by atoms with Crippen LogP contribution in [0.5, 0.6) is 5.75 Å². The summed E-state index contributed by atoms with van der Waals surface area (Å²) < 4.78 is 14.3. The molecule has 0 amide bonds. The summed E-state index contributed by atoms with van der Waals surface area (Å²) in [5.41, 5.74) is 2.52. The fourth-order valence-electron chi connectivity index (χ4n) is 3.78. The first-order valence-corrected chi connectivity index (χ1v) is 8.94. The van der Waals surface area contributed by atoms with Gasteiger partial charge >= 0.3 is 0 Å². The van der Waals surface area contributed by atoms with Crippen molar-refractivity contribution in [3.8, 4) is 5.75 Å². The lowest BCUT2D eigenvalue weighted by atomic mass is 10.1.